The van der Waals surface area contributed by atoms with Crippen molar-refractivity contribution in [3.8, 4) is 6.07 Å². The van der Waals surface area contributed by atoms with Crippen molar-refractivity contribution < 1.29 is 4.79 Å². The van der Waals surface area contributed by atoms with E-state index in [2.05, 4.69) is 19.9 Å². The molecule has 2 nitrogen and oxygen atoms in total. The number of Topliss-reactive ketones (excluding diaryl/α,β-unsaturated/α-hetero) is 1. The molecule has 0 aliphatic heterocycles. The standard InChI is InChI=1S/C19H25NO/c1-14(2)12-19(10-4-5-11-19)18(21)17(13-20)16-8-6-15(3)7-9-16/h6-9,14,17H,4-5,10-12H2,1-3H3. The summed E-state index contributed by atoms with van der Waals surface area (Å²) in [7, 11) is 0. The van der Waals surface area contributed by atoms with Crippen molar-refractivity contribution in [2.24, 2.45) is 11.3 Å². The van der Waals surface area contributed by atoms with Gasteiger partial charge in [-0.3, -0.25) is 4.79 Å². The van der Waals surface area contributed by atoms with Gasteiger partial charge in [-0.2, -0.15) is 5.26 Å². The fourth-order valence-corrected chi connectivity index (χ4v) is 3.73. The topological polar surface area (TPSA) is 40.9 Å². The third-order valence-corrected chi connectivity index (χ3v) is 4.68. The normalized spacial score (nSPS) is 18.4. The first-order valence-electron chi connectivity index (χ1n) is 7.99. The zero-order chi connectivity index (χ0) is 15.5. The van der Waals surface area contributed by atoms with E-state index in [1.165, 1.54) is 0 Å². The van der Waals surface area contributed by atoms with Gasteiger partial charge in [0.15, 0.2) is 5.78 Å². The fourth-order valence-electron chi connectivity index (χ4n) is 3.73. The van der Waals surface area contributed by atoms with Crippen molar-refractivity contribution in [3.05, 3.63) is 35.4 Å². The molecular formula is C19H25NO. The monoisotopic (exact) mass is 283 g/mol. The molecule has 0 amide bonds. The Balaban J connectivity index is 2.30. The smallest absolute Gasteiger partial charge is 0.160 e. The maximum atomic E-state index is 13.1. The molecule has 0 spiro atoms. The van der Waals surface area contributed by atoms with Crippen LogP contribution in [0, 0.1) is 29.6 Å². The first-order valence-corrected chi connectivity index (χ1v) is 7.99. The molecule has 21 heavy (non-hydrogen) atoms. The molecule has 1 aromatic carbocycles. The molecule has 112 valence electrons. The Morgan fingerprint density at radius 3 is 2.29 bits per heavy atom. The first kappa shape index (κ1) is 15.8. The number of hydrogen-bond acceptors (Lipinski definition) is 2. The van der Waals surface area contributed by atoms with E-state index < -0.39 is 5.92 Å². The Bertz CT molecular complexity index is 530. The van der Waals surface area contributed by atoms with E-state index in [-0.39, 0.29) is 11.2 Å². The van der Waals surface area contributed by atoms with E-state index in [1.54, 1.807) is 0 Å². The van der Waals surface area contributed by atoms with Gasteiger partial charge in [0.1, 0.15) is 5.92 Å². The highest BCUT2D eigenvalue weighted by molar-refractivity contribution is 5.93. The molecule has 0 N–H and O–H groups in total. The molecular weight excluding hydrogens is 258 g/mol. The molecule has 0 saturated heterocycles. The highest BCUT2D eigenvalue weighted by Gasteiger charge is 2.44. The van der Waals surface area contributed by atoms with E-state index in [0.717, 1.165) is 43.2 Å². The Labute approximate surface area is 128 Å². The number of benzene rings is 1. The van der Waals surface area contributed by atoms with Crippen molar-refractivity contribution >= 4 is 5.78 Å². The maximum absolute atomic E-state index is 13.1. The van der Waals surface area contributed by atoms with Crippen LogP contribution in [0.1, 0.15) is 63.0 Å². The predicted octanol–water partition coefficient (Wildman–Crippen LogP) is 4.78. The summed E-state index contributed by atoms with van der Waals surface area (Å²) >= 11 is 0. The van der Waals surface area contributed by atoms with Crippen LogP contribution in [0.5, 0.6) is 0 Å². The summed E-state index contributed by atoms with van der Waals surface area (Å²) in [4.78, 5) is 13.1. The first-order chi connectivity index (χ1) is 9.98. The number of aryl methyl sites for hydroxylation is 1. The van der Waals surface area contributed by atoms with Crippen molar-refractivity contribution in [3.63, 3.8) is 0 Å². The Morgan fingerprint density at radius 2 is 1.81 bits per heavy atom. The number of carbonyl (C=O) groups excluding carboxylic acids is 1. The third kappa shape index (κ3) is 3.35. The van der Waals surface area contributed by atoms with Crippen LogP contribution in [-0.4, -0.2) is 5.78 Å². The SMILES string of the molecule is Cc1ccc(C(C#N)C(=O)C2(CC(C)C)CCCC2)cc1. The average molecular weight is 283 g/mol. The third-order valence-electron chi connectivity index (χ3n) is 4.68. The average Bonchev–Trinajstić information content (AvgIpc) is 2.90. The summed E-state index contributed by atoms with van der Waals surface area (Å²) in [5.41, 5.74) is 1.74. The fraction of sp³-hybridized carbons (Fsp3) is 0.579. The molecule has 1 aliphatic rings. The summed E-state index contributed by atoms with van der Waals surface area (Å²) < 4.78 is 0. The number of nitriles is 1. The van der Waals surface area contributed by atoms with E-state index in [1.807, 2.05) is 31.2 Å². The van der Waals surface area contributed by atoms with E-state index in [4.69, 9.17) is 0 Å². The molecule has 0 radical (unpaired) electrons. The second kappa shape index (κ2) is 6.43. The highest BCUT2D eigenvalue weighted by atomic mass is 16.1. The maximum Gasteiger partial charge on any atom is 0.160 e. The number of rotatable bonds is 5. The van der Waals surface area contributed by atoms with Crippen molar-refractivity contribution in [1.82, 2.24) is 0 Å². The lowest BCUT2D eigenvalue weighted by molar-refractivity contribution is -0.129. The summed E-state index contributed by atoms with van der Waals surface area (Å²) in [5.74, 6) is 0.0342. The van der Waals surface area contributed by atoms with Gasteiger partial charge in [0.05, 0.1) is 6.07 Å². The van der Waals surface area contributed by atoms with E-state index >= 15 is 0 Å². The molecule has 1 aromatic rings. The lowest BCUT2D eigenvalue weighted by Gasteiger charge is -2.31. The van der Waals surface area contributed by atoms with Crippen LogP contribution in [0.2, 0.25) is 0 Å². The number of hydrogen-bond donors (Lipinski definition) is 0. The lowest BCUT2D eigenvalue weighted by Crippen LogP contribution is -2.33. The van der Waals surface area contributed by atoms with Crippen LogP contribution in [0.3, 0.4) is 0 Å². The Hall–Kier alpha value is -1.62. The molecule has 0 bridgehead atoms. The van der Waals surface area contributed by atoms with Crippen LogP contribution in [0.15, 0.2) is 24.3 Å². The minimum Gasteiger partial charge on any atom is -0.297 e. The zero-order valence-electron chi connectivity index (χ0n) is 13.4. The van der Waals surface area contributed by atoms with Crippen molar-refractivity contribution in [2.45, 2.75) is 58.8 Å². The van der Waals surface area contributed by atoms with Gasteiger partial charge < -0.3 is 0 Å². The van der Waals surface area contributed by atoms with E-state index in [9.17, 15) is 10.1 Å². The molecule has 1 aliphatic carbocycles. The second-order valence-electron chi connectivity index (χ2n) is 6.92. The molecule has 1 fully saturated rings. The second-order valence-corrected chi connectivity index (χ2v) is 6.92. The molecule has 0 heterocycles. The van der Waals surface area contributed by atoms with Crippen LogP contribution < -0.4 is 0 Å². The zero-order valence-corrected chi connectivity index (χ0v) is 13.4. The van der Waals surface area contributed by atoms with Gasteiger partial charge in [0.25, 0.3) is 0 Å². The summed E-state index contributed by atoms with van der Waals surface area (Å²) in [5, 5.41) is 9.56. The van der Waals surface area contributed by atoms with Crippen LogP contribution >= 0.6 is 0 Å². The van der Waals surface area contributed by atoms with Gasteiger partial charge in [-0.05, 0) is 37.7 Å². The molecule has 2 heteroatoms. The molecule has 1 saturated carbocycles. The van der Waals surface area contributed by atoms with Crippen molar-refractivity contribution in [1.29, 1.82) is 5.26 Å². The molecule has 2 rings (SSSR count). The van der Waals surface area contributed by atoms with Gasteiger partial charge in [-0.1, -0.05) is 56.5 Å². The summed E-state index contributed by atoms with van der Waals surface area (Å²) in [6.45, 7) is 6.35. The largest absolute Gasteiger partial charge is 0.297 e. The van der Waals surface area contributed by atoms with Gasteiger partial charge in [0, 0.05) is 5.41 Å². The van der Waals surface area contributed by atoms with Crippen molar-refractivity contribution in [2.75, 3.05) is 0 Å². The van der Waals surface area contributed by atoms with Gasteiger partial charge >= 0.3 is 0 Å². The van der Waals surface area contributed by atoms with Gasteiger partial charge in [-0.25, -0.2) is 0 Å². The Morgan fingerprint density at radius 1 is 1.24 bits per heavy atom. The van der Waals surface area contributed by atoms with Gasteiger partial charge in [0.2, 0.25) is 0 Å². The molecule has 1 unspecified atom stereocenters. The minimum absolute atomic E-state index is 0.153. The molecule has 1 atom stereocenters. The van der Waals surface area contributed by atoms with Crippen LogP contribution in [0.4, 0.5) is 0 Å². The van der Waals surface area contributed by atoms with Gasteiger partial charge in [-0.15, -0.1) is 0 Å². The van der Waals surface area contributed by atoms with E-state index in [0.29, 0.717) is 5.92 Å². The lowest BCUT2D eigenvalue weighted by atomic mass is 9.70. The highest BCUT2D eigenvalue weighted by Crippen LogP contribution is 2.46. The summed E-state index contributed by atoms with van der Waals surface area (Å²) in [6.07, 6.45) is 5.05. The number of carbonyl (C=O) groups is 1. The van der Waals surface area contributed by atoms with Crippen LogP contribution in [-0.2, 0) is 4.79 Å². The minimum atomic E-state index is -0.609. The quantitative estimate of drug-likeness (QED) is 0.780. The predicted molar refractivity (Wildman–Crippen MR) is 84.9 cm³/mol. The Kier molecular flexibility index (Phi) is 4.83. The number of ketones is 1. The molecule has 0 aromatic heterocycles. The summed E-state index contributed by atoms with van der Waals surface area (Å²) in [6, 6.07) is 10.1. The number of nitrogens with zero attached hydrogens (tertiary/aromatic N) is 1. The van der Waals surface area contributed by atoms with Crippen LogP contribution in [0.25, 0.3) is 0 Å².